The molecular formula is C6H12N4O2. The third-order valence-corrected chi connectivity index (χ3v) is 1.01. The number of aliphatic imine (C=N–C) groups is 1. The highest BCUT2D eigenvalue weighted by Gasteiger charge is 2.04. The Morgan fingerprint density at radius 2 is 2.17 bits per heavy atom. The lowest BCUT2D eigenvalue weighted by Gasteiger charge is -1.96. The molecule has 0 aliphatic carbocycles. The third kappa shape index (κ3) is 5.24. The molecule has 0 radical (unpaired) electrons. The monoisotopic (exact) mass is 172 g/mol. The van der Waals surface area contributed by atoms with E-state index in [1.165, 1.54) is 12.2 Å². The summed E-state index contributed by atoms with van der Waals surface area (Å²) in [6, 6.07) is -1.00. The summed E-state index contributed by atoms with van der Waals surface area (Å²) in [6.45, 7) is 0.239. The van der Waals surface area contributed by atoms with Crippen LogP contribution in [0.2, 0.25) is 0 Å². The van der Waals surface area contributed by atoms with Crippen LogP contribution in [0, 0.1) is 0 Å². The third-order valence-electron chi connectivity index (χ3n) is 1.01. The van der Waals surface area contributed by atoms with Gasteiger partial charge < -0.3 is 22.3 Å². The lowest BCUT2D eigenvalue weighted by atomic mass is 10.3. The van der Waals surface area contributed by atoms with E-state index in [0.717, 1.165) is 0 Å². The molecule has 0 aromatic carbocycles. The van der Waals surface area contributed by atoms with Gasteiger partial charge in [0, 0.05) is 0 Å². The van der Waals surface area contributed by atoms with Crippen LogP contribution in [0.5, 0.6) is 0 Å². The van der Waals surface area contributed by atoms with Crippen molar-refractivity contribution in [1.82, 2.24) is 0 Å². The predicted molar refractivity (Wildman–Crippen MR) is 45.4 cm³/mol. The molecule has 1 atom stereocenters. The van der Waals surface area contributed by atoms with Gasteiger partial charge in [0.1, 0.15) is 6.04 Å². The number of carbonyl (C=O) groups is 1. The van der Waals surface area contributed by atoms with Crippen LogP contribution >= 0.6 is 0 Å². The second-order valence-electron chi connectivity index (χ2n) is 2.06. The number of hydrogen-bond donors (Lipinski definition) is 4. The molecule has 0 saturated carbocycles. The molecule has 7 N–H and O–H groups in total. The van der Waals surface area contributed by atoms with Crippen LogP contribution in [0.3, 0.4) is 0 Å². The van der Waals surface area contributed by atoms with Crippen molar-refractivity contribution in [1.29, 1.82) is 0 Å². The molecule has 0 amide bonds. The Hall–Kier alpha value is -1.56. The van der Waals surface area contributed by atoms with E-state index in [-0.39, 0.29) is 12.5 Å². The normalized spacial score (nSPS) is 12.8. The molecule has 68 valence electrons. The fourth-order valence-electron chi connectivity index (χ4n) is 0.448. The lowest BCUT2D eigenvalue weighted by Crippen LogP contribution is -2.27. The average Bonchev–Trinajstić information content (AvgIpc) is 1.97. The molecule has 12 heavy (non-hydrogen) atoms. The molecule has 0 fully saturated rings. The Labute approximate surface area is 69.7 Å². The van der Waals surface area contributed by atoms with Crippen LogP contribution in [-0.2, 0) is 4.79 Å². The summed E-state index contributed by atoms with van der Waals surface area (Å²) in [5.74, 6) is -1.13. The van der Waals surface area contributed by atoms with Crippen LogP contribution in [0.4, 0.5) is 0 Å². The van der Waals surface area contributed by atoms with Crippen molar-refractivity contribution >= 4 is 11.9 Å². The number of rotatable bonds is 4. The minimum atomic E-state index is -1.09. The first-order chi connectivity index (χ1) is 5.54. The second kappa shape index (κ2) is 5.14. The van der Waals surface area contributed by atoms with Crippen molar-refractivity contribution in [2.45, 2.75) is 6.04 Å². The molecule has 1 unspecified atom stereocenters. The molecule has 0 rings (SSSR count). The molecule has 0 saturated heterocycles. The topological polar surface area (TPSA) is 128 Å². The van der Waals surface area contributed by atoms with Crippen molar-refractivity contribution in [2.75, 3.05) is 6.54 Å². The van der Waals surface area contributed by atoms with Crippen LogP contribution in [0.1, 0.15) is 0 Å². The van der Waals surface area contributed by atoms with Crippen LogP contribution in [0.25, 0.3) is 0 Å². The quantitative estimate of drug-likeness (QED) is 0.226. The number of nitrogens with two attached hydrogens (primary N) is 3. The number of hydrogen-bond acceptors (Lipinski definition) is 3. The summed E-state index contributed by atoms with van der Waals surface area (Å²) < 4.78 is 0. The molecule has 0 aliphatic rings. The second-order valence-corrected chi connectivity index (χ2v) is 2.06. The molecule has 6 nitrogen and oxygen atoms in total. The summed E-state index contributed by atoms with van der Waals surface area (Å²) in [6.07, 6.45) is 2.80. The maximum absolute atomic E-state index is 10.2. The highest BCUT2D eigenvalue weighted by Crippen LogP contribution is 1.82. The summed E-state index contributed by atoms with van der Waals surface area (Å²) in [5, 5.41) is 8.33. The van der Waals surface area contributed by atoms with E-state index < -0.39 is 12.0 Å². The van der Waals surface area contributed by atoms with Gasteiger partial charge in [-0.3, -0.25) is 4.79 Å². The average molecular weight is 172 g/mol. The van der Waals surface area contributed by atoms with Crippen LogP contribution in [-0.4, -0.2) is 29.6 Å². The maximum atomic E-state index is 10.2. The molecule has 6 heteroatoms. The van der Waals surface area contributed by atoms with E-state index in [1.54, 1.807) is 0 Å². The zero-order valence-corrected chi connectivity index (χ0v) is 6.47. The van der Waals surface area contributed by atoms with Crippen LogP contribution < -0.4 is 17.2 Å². The number of nitrogens with zero attached hydrogens (tertiary/aromatic N) is 1. The van der Waals surface area contributed by atoms with E-state index in [1.807, 2.05) is 0 Å². The molecule has 0 heterocycles. The van der Waals surface area contributed by atoms with Gasteiger partial charge >= 0.3 is 5.97 Å². The smallest absolute Gasteiger partial charge is 0.324 e. The summed E-state index contributed by atoms with van der Waals surface area (Å²) in [7, 11) is 0. The van der Waals surface area contributed by atoms with Gasteiger partial charge in [-0.1, -0.05) is 12.2 Å². The van der Waals surface area contributed by atoms with Crippen molar-refractivity contribution in [2.24, 2.45) is 22.2 Å². The number of aliphatic carboxylic acids is 1. The van der Waals surface area contributed by atoms with Gasteiger partial charge in [-0.25, -0.2) is 4.99 Å². The van der Waals surface area contributed by atoms with E-state index in [4.69, 9.17) is 22.3 Å². The summed E-state index contributed by atoms with van der Waals surface area (Å²) >= 11 is 0. The molecule has 0 aromatic heterocycles. The van der Waals surface area contributed by atoms with Crippen LogP contribution in [0.15, 0.2) is 17.1 Å². The van der Waals surface area contributed by atoms with E-state index in [9.17, 15) is 4.79 Å². The van der Waals surface area contributed by atoms with Crippen molar-refractivity contribution < 1.29 is 9.90 Å². The Bertz CT molecular complexity index is 208. The van der Waals surface area contributed by atoms with Gasteiger partial charge in [-0.05, 0) is 0 Å². The Morgan fingerprint density at radius 1 is 1.58 bits per heavy atom. The van der Waals surface area contributed by atoms with Crippen molar-refractivity contribution in [3.8, 4) is 0 Å². The SMILES string of the molecule is NC(N)=NC/C=C\C(N)C(=O)O. The minimum Gasteiger partial charge on any atom is -0.480 e. The number of guanidine groups is 1. The zero-order chi connectivity index (χ0) is 9.56. The Kier molecular flexibility index (Phi) is 4.47. The largest absolute Gasteiger partial charge is 0.480 e. The summed E-state index contributed by atoms with van der Waals surface area (Å²) in [4.78, 5) is 13.8. The van der Waals surface area contributed by atoms with Crippen molar-refractivity contribution in [3.05, 3.63) is 12.2 Å². The van der Waals surface area contributed by atoms with Crippen molar-refractivity contribution in [3.63, 3.8) is 0 Å². The molecule has 0 aromatic rings. The lowest BCUT2D eigenvalue weighted by molar-refractivity contribution is -0.137. The fraction of sp³-hybridized carbons (Fsp3) is 0.333. The number of carboxylic acids is 1. The highest BCUT2D eigenvalue weighted by molar-refractivity contribution is 5.76. The molecular weight excluding hydrogens is 160 g/mol. The van der Waals surface area contributed by atoms with E-state index in [0.29, 0.717) is 0 Å². The minimum absolute atomic E-state index is 0.0384. The first kappa shape index (κ1) is 10.4. The van der Waals surface area contributed by atoms with Gasteiger partial charge in [0.15, 0.2) is 5.96 Å². The Balaban J connectivity index is 3.77. The first-order valence-corrected chi connectivity index (χ1v) is 3.24. The molecule has 0 aliphatic heterocycles. The maximum Gasteiger partial charge on any atom is 0.324 e. The number of carboxylic acid groups (broad SMARTS) is 1. The molecule has 0 spiro atoms. The fourth-order valence-corrected chi connectivity index (χ4v) is 0.448. The standard InChI is InChI=1S/C6H12N4O2/c7-4(5(11)12)2-1-3-10-6(8)9/h1-2,4H,3,7H2,(H,11,12)(H4,8,9,10)/b2-1-. The van der Waals surface area contributed by atoms with E-state index in [2.05, 4.69) is 4.99 Å². The molecule has 0 bridgehead atoms. The predicted octanol–water partition coefficient (Wildman–Crippen LogP) is -1.77. The van der Waals surface area contributed by atoms with Gasteiger partial charge in [-0.2, -0.15) is 0 Å². The Morgan fingerprint density at radius 3 is 2.58 bits per heavy atom. The highest BCUT2D eigenvalue weighted by atomic mass is 16.4. The van der Waals surface area contributed by atoms with Gasteiger partial charge in [0.2, 0.25) is 0 Å². The van der Waals surface area contributed by atoms with Gasteiger partial charge in [-0.15, -0.1) is 0 Å². The first-order valence-electron chi connectivity index (χ1n) is 3.24. The van der Waals surface area contributed by atoms with Gasteiger partial charge in [0.25, 0.3) is 0 Å². The van der Waals surface area contributed by atoms with E-state index >= 15 is 0 Å². The zero-order valence-electron chi connectivity index (χ0n) is 6.47. The van der Waals surface area contributed by atoms with Gasteiger partial charge in [0.05, 0.1) is 6.54 Å². The summed E-state index contributed by atoms with van der Waals surface area (Å²) in [5.41, 5.74) is 15.2.